The molecule has 0 atom stereocenters. The number of ether oxygens (including phenoxy) is 1. The average molecular weight is 253 g/mol. The summed E-state index contributed by atoms with van der Waals surface area (Å²) >= 11 is 0. The smallest absolute Gasteiger partial charge is 0.389 e. The van der Waals surface area contributed by atoms with E-state index in [4.69, 9.17) is 0 Å². The van der Waals surface area contributed by atoms with Gasteiger partial charge in [0, 0.05) is 18.5 Å². The highest BCUT2D eigenvalue weighted by Gasteiger charge is 2.25. The van der Waals surface area contributed by atoms with Gasteiger partial charge in [0.05, 0.1) is 7.11 Å². The summed E-state index contributed by atoms with van der Waals surface area (Å²) in [6, 6.07) is 0. The minimum atomic E-state index is -4.10. The van der Waals surface area contributed by atoms with Gasteiger partial charge in [0.15, 0.2) is 0 Å². The molecule has 0 heterocycles. The van der Waals surface area contributed by atoms with Crippen LogP contribution < -0.4 is 5.32 Å². The Balaban J connectivity index is 3.75. The van der Waals surface area contributed by atoms with Crippen LogP contribution in [0.15, 0.2) is 11.6 Å². The molecule has 0 aromatic carbocycles. The standard InChI is InChI=1S/C11H18F3NO2/c1-3-9(10(16)17-2)5-8-15-7-4-6-11(12,13)14/h5,15H,3-4,6-8H2,1-2H3. The summed E-state index contributed by atoms with van der Waals surface area (Å²) < 4.78 is 39.9. The van der Waals surface area contributed by atoms with Crippen molar-refractivity contribution in [3.63, 3.8) is 0 Å². The van der Waals surface area contributed by atoms with Crippen molar-refractivity contribution in [1.29, 1.82) is 0 Å². The summed E-state index contributed by atoms with van der Waals surface area (Å²) in [5, 5.41) is 2.82. The zero-order valence-corrected chi connectivity index (χ0v) is 10.1. The van der Waals surface area contributed by atoms with Crippen LogP contribution in [0, 0.1) is 0 Å². The maximum absolute atomic E-state index is 11.8. The van der Waals surface area contributed by atoms with Gasteiger partial charge in [-0.2, -0.15) is 13.2 Å². The van der Waals surface area contributed by atoms with E-state index in [1.165, 1.54) is 7.11 Å². The molecule has 0 aromatic heterocycles. The minimum Gasteiger partial charge on any atom is -0.466 e. The lowest BCUT2D eigenvalue weighted by Crippen LogP contribution is -2.19. The number of carbonyl (C=O) groups is 1. The highest BCUT2D eigenvalue weighted by Crippen LogP contribution is 2.20. The van der Waals surface area contributed by atoms with Crippen LogP contribution in [-0.4, -0.2) is 32.3 Å². The summed E-state index contributed by atoms with van der Waals surface area (Å²) in [4.78, 5) is 11.1. The monoisotopic (exact) mass is 253 g/mol. The lowest BCUT2D eigenvalue weighted by molar-refractivity contribution is -0.136. The Morgan fingerprint density at radius 2 is 2.06 bits per heavy atom. The molecular formula is C11H18F3NO2. The van der Waals surface area contributed by atoms with Crippen molar-refractivity contribution in [3.8, 4) is 0 Å². The van der Waals surface area contributed by atoms with Gasteiger partial charge in [-0.15, -0.1) is 0 Å². The molecular weight excluding hydrogens is 235 g/mol. The first-order valence-corrected chi connectivity index (χ1v) is 5.45. The predicted octanol–water partition coefficient (Wildman–Crippen LogP) is 2.43. The van der Waals surface area contributed by atoms with Crippen molar-refractivity contribution >= 4 is 5.97 Å². The number of halogens is 3. The van der Waals surface area contributed by atoms with Crippen LogP contribution in [0.5, 0.6) is 0 Å². The number of nitrogens with one attached hydrogen (secondary N) is 1. The number of hydrogen-bond donors (Lipinski definition) is 1. The molecule has 17 heavy (non-hydrogen) atoms. The van der Waals surface area contributed by atoms with Gasteiger partial charge < -0.3 is 10.1 Å². The van der Waals surface area contributed by atoms with Gasteiger partial charge in [-0.25, -0.2) is 4.79 Å². The SMILES string of the molecule is CCC(=CCNCCCC(F)(F)F)C(=O)OC. The topological polar surface area (TPSA) is 38.3 Å². The first kappa shape index (κ1) is 16.0. The Bertz CT molecular complexity index is 262. The van der Waals surface area contributed by atoms with Crippen molar-refractivity contribution in [2.24, 2.45) is 0 Å². The quantitative estimate of drug-likeness (QED) is 0.430. The van der Waals surface area contributed by atoms with Crippen molar-refractivity contribution in [2.45, 2.75) is 32.4 Å². The van der Waals surface area contributed by atoms with Gasteiger partial charge >= 0.3 is 12.1 Å². The zero-order valence-electron chi connectivity index (χ0n) is 10.1. The fourth-order valence-corrected chi connectivity index (χ4v) is 1.21. The van der Waals surface area contributed by atoms with Gasteiger partial charge in [0.1, 0.15) is 0 Å². The van der Waals surface area contributed by atoms with Gasteiger partial charge in [0.25, 0.3) is 0 Å². The van der Waals surface area contributed by atoms with Crippen LogP contribution >= 0.6 is 0 Å². The van der Waals surface area contributed by atoms with E-state index in [1.54, 1.807) is 6.08 Å². The molecule has 1 N–H and O–H groups in total. The van der Waals surface area contributed by atoms with E-state index in [-0.39, 0.29) is 13.0 Å². The highest BCUT2D eigenvalue weighted by molar-refractivity contribution is 5.88. The zero-order chi connectivity index (χ0) is 13.3. The third-order valence-corrected chi connectivity index (χ3v) is 2.14. The fraction of sp³-hybridized carbons (Fsp3) is 0.727. The third kappa shape index (κ3) is 8.74. The molecule has 0 aliphatic rings. The normalized spacial score (nSPS) is 12.6. The second kappa shape index (κ2) is 8.11. The molecule has 0 radical (unpaired) electrons. The molecule has 0 amide bonds. The molecule has 0 aliphatic carbocycles. The van der Waals surface area contributed by atoms with E-state index >= 15 is 0 Å². The molecule has 6 heteroatoms. The molecule has 0 spiro atoms. The third-order valence-electron chi connectivity index (χ3n) is 2.14. The molecule has 0 rings (SSSR count). The fourth-order valence-electron chi connectivity index (χ4n) is 1.21. The number of methoxy groups -OCH3 is 1. The van der Waals surface area contributed by atoms with E-state index in [2.05, 4.69) is 10.1 Å². The van der Waals surface area contributed by atoms with Gasteiger partial charge in [-0.1, -0.05) is 13.0 Å². The molecule has 0 saturated heterocycles. The number of esters is 1. The Morgan fingerprint density at radius 3 is 2.53 bits per heavy atom. The number of carbonyl (C=O) groups excluding carboxylic acids is 1. The highest BCUT2D eigenvalue weighted by atomic mass is 19.4. The molecule has 3 nitrogen and oxygen atoms in total. The summed E-state index contributed by atoms with van der Waals surface area (Å²) in [6.07, 6.45) is -2.67. The minimum absolute atomic E-state index is 0.0387. The van der Waals surface area contributed by atoms with Crippen LogP contribution in [0.1, 0.15) is 26.2 Å². The second-order valence-electron chi connectivity index (χ2n) is 3.50. The van der Waals surface area contributed by atoms with Crippen molar-refractivity contribution in [2.75, 3.05) is 20.2 Å². The molecule has 0 bridgehead atoms. The van der Waals surface area contributed by atoms with Crippen LogP contribution in [0.3, 0.4) is 0 Å². The Labute approximate surface area is 99.0 Å². The summed E-state index contributed by atoms with van der Waals surface area (Å²) in [7, 11) is 1.29. The maximum atomic E-state index is 11.8. The van der Waals surface area contributed by atoms with E-state index in [0.29, 0.717) is 18.5 Å². The van der Waals surface area contributed by atoms with Crippen molar-refractivity contribution in [3.05, 3.63) is 11.6 Å². The van der Waals surface area contributed by atoms with Crippen molar-refractivity contribution in [1.82, 2.24) is 5.32 Å². The Hall–Kier alpha value is -1.04. The van der Waals surface area contributed by atoms with E-state index in [1.807, 2.05) is 6.92 Å². The van der Waals surface area contributed by atoms with E-state index in [0.717, 1.165) is 0 Å². The summed E-state index contributed by atoms with van der Waals surface area (Å²) in [6.45, 7) is 2.46. The largest absolute Gasteiger partial charge is 0.466 e. The lowest BCUT2D eigenvalue weighted by Gasteiger charge is -2.06. The number of alkyl halides is 3. The second-order valence-corrected chi connectivity index (χ2v) is 3.50. The number of rotatable bonds is 7. The molecule has 0 aromatic rings. The van der Waals surface area contributed by atoms with Crippen LogP contribution in [0.4, 0.5) is 13.2 Å². The predicted molar refractivity (Wildman–Crippen MR) is 58.5 cm³/mol. The summed E-state index contributed by atoms with van der Waals surface area (Å²) in [5.74, 6) is -0.399. The maximum Gasteiger partial charge on any atom is 0.389 e. The molecule has 0 unspecified atom stereocenters. The first-order chi connectivity index (χ1) is 7.90. The van der Waals surface area contributed by atoms with Crippen LogP contribution in [-0.2, 0) is 9.53 Å². The molecule has 100 valence electrons. The molecule has 0 fully saturated rings. The first-order valence-electron chi connectivity index (χ1n) is 5.45. The van der Waals surface area contributed by atoms with Gasteiger partial charge in [0.2, 0.25) is 0 Å². The average Bonchev–Trinajstić information content (AvgIpc) is 2.26. The number of hydrogen-bond acceptors (Lipinski definition) is 3. The van der Waals surface area contributed by atoms with Crippen molar-refractivity contribution < 1.29 is 22.7 Å². The van der Waals surface area contributed by atoms with Gasteiger partial charge in [-0.3, -0.25) is 0 Å². The van der Waals surface area contributed by atoms with Crippen LogP contribution in [0.2, 0.25) is 0 Å². The Morgan fingerprint density at radius 1 is 1.41 bits per heavy atom. The Kier molecular flexibility index (Phi) is 7.61. The van der Waals surface area contributed by atoms with E-state index < -0.39 is 18.6 Å². The van der Waals surface area contributed by atoms with Gasteiger partial charge in [-0.05, 0) is 19.4 Å². The van der Waals surface area contributed by atoms with Crippen LogP contribution in [0.25, 0.3) is 0 Å². The molecule has 0 aliphatic heterocycles. The summed E-state index contributed by atoms with van der Waals surface area (Å²) in [5.41, 5.74) is 0.524. The lowest BCUT2D eigenvalue weighted by atomic mass is 10.2. The van der Waals surface area contributed by atoms with E-state index in [9.17, 15) is 18.0 Å². The molecule has 0 saturated carbocycles.